The van der Waals surface area contributed by atoms with E-state index in [1.54, 1.807) is 6.92 Å². The molecule has 1 fully saturated rings. The van der Waals surface area contributed by atoms with Gasteiger partial charge in [0.2, 0.25) is 0 Å². The number of hydrogen-bond acceptors (Lipinski definition) is 4. The van der Waals surface area contributed by atoms with Crippen LogP contribution in [-0.4, -0.2) is 23.8 Å². The highest BCUT2D eigenvalue weighted by Crippen LogP contribution is 2.26. The Kier molecular flexibility index (Phi) is 3.24. The van der Waals surface area contributed by atoms with Gasteiger partial charge in [0.05, 0.1) is 0 Å². The molecule has 1 rings (SSSR count). The Bertz CT molecular complexity index is 321. The van der Waals surface area contributed by atoms with Crippen LogP contribution in [0.1, 0.15) is 19.8 Å². The van der Waals surface area contributed by atoms with Gasteiger partial charge in [0.1, 0.15) is 11.5 Å². The van der Waals surface area contributed by atoms with Gasteiger partial charge < -0.3 is 22.1 Å². The van der Waals surface area contributed by atoms with Gasteiger partial charge in [-0.15, -0.1) is 0 Å². The number of nitrogens with two attached hydrogens (primary N) is 3. The van der Waals surface area contributed by atoms with Crippen LogP contribution in [0.5, 0.6) is 0 Å². The highest BCUT2D eigenvalue weighted by molar-refractivity contribution is 5.98. The predicted octanol–water partition coefficient (Wildman–Crippen LogP) is 0.0579. The van der Waals surface area contributed by atoms with E-state index in [9.17, 15) is 0 Å². The maximum atomic E-state index is 5.79. The Morgan fingerprint density at radius 2 is 1.87 bits per heavy atom. The zero-order valence-corrected chi connectivity index (χ0v) is 9.33. The summed E-state index contributed by atoms with van der Waals surface area (Å²) in [6.45, 7) is 5.53. The van der Waals surface area contributed by atoms with Crippen molar-refractivity contribution in [1.82, 2.24) is 4.90 Å². The van der Waals surface area contributed by atoms with E-state index in [0.717, 1.165) is 12.8 Å². The van der Waals surface area contributed by atoms with Crippen LogP contribution in [0.3, 0.4) is 0 Å². The lowest BCUT2D eigenvalue weighted by Gasteiger charge is -2.21. The zero-order chi connectivity index (χ0) is 11.6. The Morgan fingerprint density at radius 3 is 2.20 bits per heavy atom. The molecule has 5 heteroatoms. The maximum Gasteiger partial charge on any atom is 0.155 e. The van der Waals surface area contributed by atoms with E-state index in [-0.39, 0.29) is 5.82 Å². The van der Waals surface area contributed by atoms with Crippen molar-refractivity contribution in [3.05, 3.63) is 23.8 Å². The fourth-order valence-electron chi connectivity index (χ4n) is 1.27. The van der Waals surface area contributed by atoms with Gasteiger partial charge in [-0.1, -0.05) is 6.58 Å². The number of aliphatic imine (C=N–C) groups is 1. The largest absolute Gasteiger partial charge is 0.393 e. The van der Waals surface area contributed by atoms with E-state index in [4.69, 9.17) is 17.2 Å². The number of likely N-dealkylation sites (N-methyl/N-ethyl adjacent to an activating group) is 1. The van der Waals surface area contributed by atoms with Gasteiger partial charge in [0, 0.05) is 18.8 Å². The molecule has 0 aromatic carbocycles. The van der Waals surface area contributed by atoms with Crippen molar-refractivity contribution in [1.29, 1.82) is 0 Å². The van der Waals surface area contributed by atoms with Crippen molar-refractivity contribution < 1.29 is 0 Å². The van der Waals surface area contributed by atoms with E-state index in [1.165, 1.54) is 0 Å². The Hall–Kier alpha value is -1.65. The van der Waals surface area contributed by atoms with Crippen LogP contribution in [-0.2, 0) is 0 Å². The first-order valence-electron chi connectivity index (χ1n) is 4.91. The molecule has 0 bridgehead atoms. The molecule has 1 saturated carbocycles. The minimum absolute atomic E-state index is 0.0995. The number of amidine groups is 1. The first-order chi connectivity index (χ1) is 6.93. The molecule has 6 N–H and O–H groups in total. The van der Waals surface area contributed by atoms with Crippen LogP contribution < -0.4 is 17.2 Å². The monoisotopic (exact) mass is 209 g/mol. The summed E-state index contributed by atoms with van der Waals surface area (Å²) >= 11 is 0. The van der Waals surface area contributed by atoms with Crippen molar-refractivity contribution >= 4 is 5.84 Å². The van der Waals surface area contributed by atoms with E-state index >= 15 is 0 Å². The Morgan fingerprint density at radius 1 is 1.33 bits per heavy atom. The zero-order valence-electron chi connectivity index (χ0n) is 9.33. The molecule has 0 amide bonds. The van der Waals surface area contributed by atoms with Gasteiger partial charge in [-0.2, -0.15) is 0 Å². The molecule has 0 atom stereocenters. The summed E-state index contributed by atoms with van der Waals surface area (Å²) in [7, 11) is 1.94. The SMILES string of the molecule is C=C(C)/N=C(\C(N)=C(N)N)N(C)C1CC1. The van der Waals surface area contributed by atoms with E-state index in [2.05, 4.69) is 11.6 Å². The number of rotatable bonds is 3. The highest BCUT2D eigenvalue weighted by atomic mass is 15.2. The molecule has 0 aromatic rings. The molecule has 1 aliphatic carbocycles. The number of hydrogen-bond donors (Lipinski definition) is 3. The smallest absolute Gasteiger partial charge is 0.155 e. The summed E-state index contributed by atoms with van der Waals surface area (Å²) in [6.07, 6.45) is 2.31. The normalized spacial score (nSPS) is 16.0. The van der Waals surface area contributed by atoms with Crippen LogP contribution >= 0.6 is 0 Å². The third-order valence-corrected chi connectivity index (χ3v) is 2.28. The van der Waals surface area contributed by atoms with Crippen molar-refractivity contribution in [2.75, 3.05) is 7.05 Å². The van der Waals surface area contributed by atoms with Crippen LogP contribution in [0, 0.1) is 0 Å². The molecule has 0 radical (unpaired) electrons. The summed E-state index contributed by atoms with van der Waals surface area (Å²) in [4.78, 5) is 6.27. The molecule has 0 unspecified atom stereocenters. The Labute approximate surface area is 90.3 Å². The minimum atomic E-state index is 0.0995. The molecule has 0 heterocycles. The Balaban J connectivity index is 2.97. The van der Waals surface area contributed by atoms with E-state index < -0.39 is 0 Å². The summed E-state index contributed by atoms with van der Waals surface area (Å²) in [6, 6.07) is 0.501. The van der Waals surface area contributed by atoms with E-state index in [0.29, 0.717) is 23.3 Å². The van der Waals surface area contributed by atoms with Gasteiger partial charge in [-0.25, -0.2) is 4.99 Å². The lowest BCUT2D eigenvalue weighted by atomic mass is 10.3. The molecule has 0 aromatic heterocycles. The second kappa shape index (κ2) is 4.25. The third kappa shape index (κ3) is 2.90. The van der Waals surface area contributed by atoms with Crippen LogP contribution in [0.2, 0.25) is 0 Å². The molecule has 5 nitrogen and oxygen atoms in total. The first kappa shape index (κ1) is 11.4. The fourth-order valence-corrected chi connectivity index (χ4v) is 1.27. The molecule has 84 valence electrons. The number of allylic oxidation sites excluding steroid dienone is 1. The molecule has 0 saturated heterocycles. The van der Waals surface area contributed by atoms with Gasteiger partial charge >= 0.3 is 0 Å². The van der Waals surface area contributed by atoms with Crippen molar-refractivity contribution in [3.8, 4) is 0 Å². The first-order valence-corrected chi connectivity index (χ1v) is 4.91. The summed E-state index contributed by atoms with van der Waals surface area (Å²) in [5.41, 5.74) is 17.7. The quantitative estimate of drug-likeness (QED) is 0.452. The van der Waals surface area contributed by atoms with Crippen molar-refractivity contribution in [3.63, 3.8) is 0 Å². The minimum Gasteiger partial charge on any atom is -0.393 e. The second-order valence-corrected chi connectivity index (χ2v) is 3.88. The van der Waals surface area contributed by atoms with Gasteiger partial charge in [-0.3, -0.25) is 0 Å². The lowest BCUT2D eigenvalue weighted by molar-refractivity contribution is 0.494. The van der Waals surface area contributed by atoms with Gasteiger partial charge in [0.15, 0.2) is 5.84 Å². The van der Waals surface area contributed by atoms with Gasteiger partial charge in [0.25, 0.3) is 0 Å². The molecular weight excluding hydrogens is 190 g/mol. The van der Waals surface area contributed by atoms with Crippen molar-refractivity contribution in [2.24, 2.45) is 22.2 Å². The molecular formula is C10H19N5. The van der Waals surface area contributed by atoms with E-state index in [1.807, 2.05) is 11.9 Å². The van der Waals surface area contributed by atoms with Crippen molar-refractivity contribution in [2.45, 2.75) is 25.8 Å². The fraction of sp³-hybridized carbons (Fsp3) is 0.500. The predicted molar refractivity (Wildman–Crippen MR) is 62.6 cm³/mol. The summed E-state index contributed by atoms with van der Waals surface area (Å²) in [5, 5.41) is 0. The standard InChI is InChI=1S/C10H19N5/c1-6(2)14-10(8(11)9(12)13)15(3)7-4-5-7/h7H,1,4-5,11-13H2,2-3H3/b14-10+. The molecule has 0 spiro atoms. The molecule has 15 heavy (non-hydrogen) atoms. The topological polar surface area (TPSA) is 93.7 Å². The van der Waals surface area contributed by atoms with Gasteiger partial charge in [-0.05, 0) is 19.8 Å². The maximum absolute atomic E-state index is 5.79. The number of nitrogens with zero attached hydrogens (tertiary/aromatic N) is 2. The van der Waals surface area contributed by atoms with Crippen LogP contribution in [0.15, 0.2) is 28.8 Å². The molecule has 0 aliphatic heterocycles. The summed E-state index contributed by atoms with van der Waals surface area (Å²) in [5.74, 6) is 0.715. The van der Waals surface area contributed by atoms with Crippen LogP contribution in [0.4, 0.5) is 0 Å². The lowest BCUT2D eigenvalue weighted by Crippen LogP contribution is -2.36. The average molecular weight is 209 g/mol. The molecule has 1 aliphatic rings. The van der Waals surface area contributed by atoms with Crippen LogP contribution in [0.25, 0.3) is 0 Å². The average Bonchev–Trinajstić information content (AvgIpc) is 2.94. The summed E-state index contributed by atoms with van der Waals surface area (Å²) < 4.78 is 0. The highest BCUT2D eigenvalue weighted by Gasteiger charge is 2.29. The third-order valence-electron chi connectivity index (χ3n) is 2.28. The second-order valence-electron chi connectivity index (χ2n) is 3.88.